The largest absolute Gasteiger partial charge is 0.356 e. The standard InChI is InChI=1S/C24H26FN3O3/c25-19-10-8-17(9-11-19)21(28-16-18-5-1-2-6-20(18)24(28)31)15-22(29)26-12-4-14-27-13-3-7-23(27)30/h1-2,5-6,8-11,21H,3-4,7,12-16H2,(H,26,29)/t21-/m1/s1. The van der Waals surface area contributed by atoms with Gasteiger partial charge in [-0.05, 0) is 42.2 Å². The predicted octanol–water partition coefficient (Wildman–Crippen LogP) is 3.04. The number of nitrogens with one attached hydrogen (secondary N) is 1. The maximum absolute atomic E-state index is 13.5. The number of nitrogens with zero attached hydrogens (tertiary/aromatic N) is 2. The van der Waals surface area contributed by atoms with Gasteiger partial charge in [-0.1, -0.05) is 30.3 Å². The fraction of sp³-hybridized carbons (Fsp3) is 0.375. The Balaban J connectivity index is 1.40. The molecule has 2 heterocycles. The summed E-state index contributed by atoms with van der Waals surface area (Å²) in [6.07, 6.45) is 2.29. The molecule has 1 N–H and O–H groups in total. The Morgan fingerprint density at radius 1 is 1.10 bits per heavy atom. The number of hydrogen-bond acceptors (Lipinski definition) is 3. The van der Waals surface area contributed by atoms with Gasteiger partial charge in [-0.25, -0.2) is 4.39 Å². The van der Waals surface area contributed by atoms with Crippen LogP contribution >= 0.6 is 0 Å². The maximum Gasteiger partial charge on any atom is 0.255 e. The molecule has 2 aliphatic rings. The number of halogens is 1. The molecule has 0 saturated carbocycles. The Hall–Kier alpha value is -3.22. The third-order valence-corrected chi connectivity index (χ3v) is 5.96. The number of fused-ring (bicyclic) bond motifs is 1. The fourth-order valence-corrected chi connectivity index (χ4v) is 4.31. The van der Waals surface area contributed by atoms with Gasteiger partial charge in [-0.2, -0.15) is 0 Å². The Kier molecular flexibility index (Phi) is 6.30. The van der Waals surface area contributed by atoms with Gasteiger partial charge in [0, 0.05) is 38.2 Å². The highest BCUT2D eigenvalue weighted by molar-refractivity contribution is 5.98. The molecule has 0 aliphatic carbocycles. The Labute approximate surface area is 181 Å². The molecule has 1 atom stereocenters. The second-order valence-corrected chi connectivity index (χ2v) is 8.05. The minimum atomic E-state index is -0.486. The van der Waals surface area contributed by atoms with Gasteiger partial charge in [0.25, 0.3) is 5.91 Å². The van der Waals surface area contributed by atoms with Crippen LogP contribution in [-0.2, 0) is 16.1 Å². The molecule has 2 aromatic rings. The van der Waals surface area contributed by atoms with Crippen LogP contribution in [0.1, 0.15) is 53.2 Å². The number of carbonyl (C=O) groups is 3. The maximum atomic E-state index is 13.5. The van der Waals surface area contributed by atoms with Crippen molar-refractivity contribution in [3.63, 3.8) is 0 Å². The van der Waals surface area contributed by atoms with Crippen LogP contribution in [0.3, 0.4) is 0 Å². The predicted molar refractivity (Wildman–Crippen MR) is 114 cm³/mol. The number of rotatable bonds is 8. The van der Waals surface area contributed by atoms with E-state index in [0.29, 0.717) is 38.0 Å². The van der Waals surface area contributed by atoms with Crippen LogP contribution in [0.15, 0.2) is 48.5 Å². The van der Waals surface area contributed by atoms with E-state index in [2.05, 4.69) is 5.32 Å². The second kappa shape index (κ2) is 9.29. The number of hydrogen-bond donors (Lipinski definition) is 1. The van der Waals surface area contributed by atoms with Crippen LogP contribution in [0.2, 0.25) is 0 Å². The highest BCUT2D eigenvalue weighted by atomic mass is 19.1. The smallest absolute Gasteiger partial charge is 0.255 e. The zero-order chi connectivity index (χ0) is 21.8. The molecular weight excluding hydrogens is 397 g/mol. The molecule has 6 nitrogen and oxygen atoms in total. The topological polar surface area (TPSA) is 69.7 Å². The van der Waals surface area contributed by atoms with Crippen molar-refractivity contribution in [1.82, 2.24) is 15.1 Å². The minimum Gasteiger partial charge on any atom is -0.356 e. The lowest BCUT2D eigenvalue weighted by Gasteiger charge is -2.28. The van der Waals surface area contributed by atoms with E-state index in [9.17, 15) is 18.8 Å². The van der Waals surface area contributed by atoms with E-state index in [0.717, 1.165) is 24.1 Å². The summed E-state index contributed by atoms with van der Waals surface area (Å²) in [7, 11) is 0. The summed E-state index contributed by atoms with van der Waals surface area (Å²) >= 11 is 0. The quantitative estimate of drug-likeness (QED) is 0.664. The van der Waals surface area contributed by atoms with Gasteiger partial charge in [0.2, 0.25) is 11.8 Å². The van der Waals surface area contributed by atoms with Crippen LogP contribution < -0.4 is 5.32 Å². The molecule has 0 bridgehead atoms. The Morgan fingerprint density at radius 2 is 1.87 bits per heavy atom. The van der Waals surface area contributed by atoms with Gasteiger partial charge in [-0.15, -0.1) is 0 Å². The second-order valence-electron chi connectivity index (χ2n) is 8.05. The van der Waals surface area contributed by atoms with Crippen molar-refractivity contribution in [2.75, 3.05) is 19.6 Å². The van der Waals surface area contributed by atoms with E-state index in [4.69, 9.17) is 0 Å². The zero-order valence-corrected chi connectivity index (χ0v) is 17.4. The normalized spacial score (nSPS) is 16.5. The van der Waals surface area contributed by atoms with E-state index in [1.807, 2.05) is 23.1 Å². The lowest BCUT2D eigenvalue weighted by Crippen LogP contribution is -2.35. The summed E-state index contributed by atoms with van der Waals surface area (Å²) in [5, 5.41) is 2.90. The lowest BCUT2D eigenvalue weighted by atomic mass is 10.0. The Bertz CT molecular complexity index is 976. The monoisotopic (exact) mass is 423 g/mol. The minimum absolute atomic E-state index is 0.0913. The van der Waals surface area contributed by atoms with Crippen LogP contribution in [0, 0.1) is 5.82 Å². The summed E-state index contributed by atoms with van der Waals surface area (Å²) in [5.41, 5.74) is 2.29. The molecule has 0 spiro atoms. The molecule has 1 saturated heterocycles. The van der Waals surface area contributed by atoms with Crippen LogP contribution in [-0.4, -0.2) is 47.2 Å². The van der Waals surface area contributed by atoms with Crippen LogP contribution in [0.25, 0.3) is 0 Å². The summed E-state index contributed by atoms with van der Waals surface area (Å²) in [5.74, 6) is -0.481. The number of benzene rings is 2. The molecule has 2 aromatic carbocycles. The first-order chi connectivity index (χ1) is 15.0. The highest BCUT2D eigenvalue weighted by Gasteiger charge is 2.34. The molecule has 162 valence electrons. The van der Waals surface area contributed by atoms with E-state index in [-0.39, 0.29) is 30.0 Å². The molecule has 4 rings (SSSR count). The van der Waals surface area contributed by atoms with Crippen molar-refractivity contribution >= 4 is 17.7 Å². The van der Waals surface area contributed by atoms with Crippen molar-refractivity contribution in [3.05, 3.63) is 71.0 Å². The average molecular weight is 423 g/mol. The van der Waals surface area contributed by atoms with Crippen LogP contribution in [0.5, 0.6) is 0 Å². The third-order valence-electron chi connectivity index (χ3n) is 5.96. The molecule has 0 radical (unpaired) electrons. The molecule has 2 aliphatic heterocycles. The van der Waals surface area contributed by atoms with Gasteiger partial charge in [0.15, 0.2) is 0 Å². The van der Waals surface area contributed by atoms with Gasteiger partial charge < -0.3 is 15.1 Å². The van der Waals surface area contributed by atoms with E-state index in [1.165, 1.54) is 12.1 Å². The van der Waals surface area contributed by atoms with Crippen molar-refractivity contribution in [2.45, 2.75) is 38.3 Å². The lowest BCUT2D eigenvalue weighted by molar-refractivity contribution is -0.127. The molecule has 0 aromatic heterocycles. The molecule has 31 heavy (non-hydrogen) atoms. The average Bonchev–Trinajstić information content (AvgIpc) is 3.33. The van der Waals surface area contributed by atoms with E-state index >= 15 is 0 Å². The summed E-state index contributed by atoms with van der Waals surface area (Å²) < 4.78 is 13.5. The molecule has 7 heteroatoms. The van der Waals surface area contributed by atoms with Crippen molar-refractivity contribution in [2.24, 2.45) is 0 Å². The first kappa shape index (κ1) is 21.0. The molecule has 1 fully saturated rings. The van der Waals surface area contributed by atoms with Crippen LogP contribution in [0.4, 0.5) is 4.39 Å². The van der Waals surface area contributed by atoms with Crippen molar-refractivity contribution < 1.29 is 18.8 Å². The van der Waals surface area contributed by atoms with E-state index < -0.39 is 6.04 Å². The number of likely N-dealkylation sites (tertiary alicyclic amines) is 1. The third kappa shape index (κ3) is 4.76. The molecular formula is C24H26FN3O3. The zero-order valence-electron chi connectivity index (χ0n) is 17.4. The summed E-state index contributed by atoms with van der Waals surface area (Å²) in [6.45, 7) is 2.31. The Morgan fingerprint density at radius 3 is 2.58 bits per heavy atom. The van der Waals surface area contributed by atoms with Gasteiger partial charge in [0.1, 0.15) is 5.82 Å². The van der Waals surface area contributed by atoms with Gasteiger partial charge >= 0.3 is 0 Å². The first-order valence-corrected chi connectivity index (χ1v) is 10.7. The summed E-state index contributed by atoms with van der Waals surface area (Å²) in [4.78, 5) is 40.8. The highest BCUT2D eigenvalue weighted by Crippen LogP contribution is 2.33. The number of carbonyl (C=O) groups excluding carboxylic acids is 3. The van der Waals surface area contributed by atoms with E-state index in [1.54, 1.807) is 23.1 Å². The number of amides is 3. The van der Waals surface area contributed by atoms with Gasteiger partial charge in [-0.3, -0.25) is 14.4 Å². The van der Waals surface area contributed by atoms with Gasteiger partial charge in [0.05, 0.1) is 12.5 Å². The summed E-state index contributed by atoms with van der Waals surface area (Å²) in [6, 6.07) is 12.9. The first-order valence-electron chi connectivity index (χ1n) is 10.7. The molecule has 3 amide bonds. The fourth-order valence-electron chi connectivity index (χ4n) is 4.31. The van der Waals surface area contributed by atoms with Crippen molar-refractivity contribution in [3.8, 4) is 0 Å². The SMILES string of the molecule is O=C(C[C@H](c1ccc(F)cc1)N1Cc2ccccc2C1=O)NCCCN1CCCC1=O. The van der Waals surface area contributed by atoms with Crippen molar-refractivity contribution in [1.29, 1.82) is 0 Å². The molecule has 0 unspecified atom stereocenters.